The van der Waals surface area contributed by atoms with Gasteiger partial charge in [0.05, 0.1) is 11.3 Å². The van der Waals surface area contributed by atoms with E-state index in [9.17, 15) is 10.1 Å². The molecule has 0 spiro atoms. The highest BCUT2D eigenvalue weighted by Crippen LogP contribution is 2.44. The van der Waals surface area contributed by atoms with Crippen molar-refractivity contribution >= 4 is 34.0 Å². The van der Waals surface area contributed by atoms with Crippen LogP contribution in [0.1, 0.15) is 81.3 Å². The standard InChI is InChI=1S/C29H37N5O2S2/c1-7-34-25(16-36-21-11-8-19(9-12-21)18(2)3)32-33-28(34)37-17-26(35)31-27-23(15-30)22-13-10-20(29(4,5)6)14-24(22)38-27/h8-9,11-12,18,20H,7,10,13-14,16-17H2,1-6H3,(H,31,35). The van der Waals surface area contributed by atoms with Gasteiger partial charge < -0.3 is 14.6 Å². The van der Waals surface area contributed by atoms with Crippen LogP contribution in [0.5, 0.6) is 5.75 Å². The minimum atomic E-state index is -0.147. The highest BCUT2D eigenvalue weighted by atomic mass is 32.2. The molecular weight excluding hydrogens is 514 g/mol. The summed E-state index contributed by atoms with van der Waals surface area (Å²) in [6, 6.07) is 10.5. The second-order valence-electron chi connectivity index (χ2n) is 11.1. The largest absolute Gasteiger partial charge is 0.486 e. The van der Waals surface area contributed by atoms with Gasteiger partial charge in [-0.2, -0.15) is 5.26 Å². The third-order valence-corrected chi connectivity index (χ3v) is 9.35. The van der Waals surface area contributed by atoms with Crippen LogP contribution in [0.3, 0.4) is 0 Å². The quantitative estimate of drug-likeness (QED) is 0.294. The van der Waals surface area contributed by atoms with Crippen molar-refractivity contribution < 1.29 is 9.53 Å². The number of aromatic nitrogens is 3. The predicted molar refractivity (Wildman–Crippen MR) is 154 cm³/mol. The molecule has 0 saturated carbocycles. The van der Waals surface area contributed by atoms with Crippen molar-refractivity contribution in [3.8, 4) is 11.8 Å². The Labute approximate surface area is 234 Å². The molecule has 2 aromatic heterocycles. The highest BCUT2D eigenvalue weighted by Gasteiger charge is 2.32. The summed E-state index contributed by atoms with van der Waals surface area (Å²) in [6.45, 7) is 14.2. The van der Waals surface area contributed by atoms with Crippen molar-refractivity contribution in [3.63, 3.8) is 0 Å². The van der Waals surface area contributed by atoms with Gasteiger partial charge in [-0.15, -0.1) is 21.5 Å². The van der Waals surface area contributed by atoms with Crippen LogP contribution in [0.2, 0.25) is 0 Å². The summed E-state index contributed by atoms with van der Waals surface area (Å²) < 4.78 is 7.91. The lowest BCUT2D eigenvalue weighted by Crippen LogP contribution is -2.26. The topological polar surface area (TPSA) is 92.8 Å². The molecule has 1 aliphatic carbocycles. The van der Waals surface area contributed by atoms with Crippen molar-refractivity contribution in [2.24, 2.45) is 11.3 Å². The van der Waals surface area contributed by atoms with E-state index in [-0.39, 0.29) is 17.1 Å². The fraction of sp³-hybridized carbons (Fsp3) is 0.517. The third-order valence-electron chi connectivity index (χ3n) is 7.21. The van der Waals surface area contributed by atoms with Crippen LogP contribution in [0.15, 0.2) is 29.4 Å². The molecule has 0 radical (unpaired) electrons. The Morgan fingerprint density at radius 1 is 1.29 bits per heavy atom. The van der Waals surface area contributed by atoms with E-state index in [1.807, 2.05) is 23.6 Å². The van der Waals surface area contributed by atoms with E-state index in [4.69, 9.17) is 4.74 Å². The van der Waals surface area contributed by atoms with E-state index in [1.165, 1.54) is 22.2 Å². The molecule has 202 valence electrons. The first kappa shape index (κ1) is 28.2. The molecule has 4 rings (SSSR count). The molecule has 1 aliphatic rings. The van der Waals surface area contributed by atoms with E-state index in [0.717, 1.165) is 36.4 Å². The Hall–Kier alpha value is -2.83. The molecular formula is C29H37N5O2S2. The summed E-state index contributed by atoms with van der Waals surface area (Å²) in [7, 11) is 0. The van der Waals surface area contributed by atoms with Crippen molar-refractivity contribution in [1.29, 1.82) is 5.26 Å². The molecule has 0 aliphatic heterocycles. The van der Waals surface area contributed by atoms with E-state index >= 15 is 0 Å². The summed E-state index contributed by atoms with van der Waals surface area (Å²) in [5, 5.41) is 22.8. The van der Waals surface area contributed by atoms with Gasteiger partial charge in [0.1, 0.15) is 23.4 Å². The smallest absolute Gasteiger partial charge is 0.235 e. The number of thioether (sulfide) groups is 1. The second-order valence-corrected chi connectivity index (χ2v) is 13.2. The summed E-state index contributed by atoms with van der Waals surface area (Å²) in [5.74, 6) is 2.60. The van der Waals surface area contributed by atoms with Gasteiger partial charge in [0.25, 0.3) is 0 Å². The van der Waals surface area contributed by atoms with Crippen LogP contribution in [-0.2, 0) is 30.8 Å². The minimum absolute atomic E-state index is 0.147. The van der Waals surface area contributed by atoms with Crippen molar-refractivity contribution in [3.05, 3.63) is 51.7 Å². The second kappa shape index (κ2) is 11.9. The number of nitrogens with one attached hydrogen (secondary N) is 1. The van der Waals surface area contributed by atoms with Gasteiger partial charge in [-0.25, -0.2) is 0 Å². The van der Waals surface area contributed by atoms with Crippen LogP contribution in [0, 0.1) is 22.7 Å². The molecule has 0 bridgehead atoms. The SMILES string of the molecule is CCn1c(COc2ccc(C(C)C)cc2)nnc1SCC(=O)Nc1sc2c(c1C#N)CCC(C(C)(C)C)C2. The van der Waals surface area contributed by atoms with E-state index in [0.29, 0.717) is 40.7 Å². The summed E-state index contributed by atoms with van der Waals surface area (Å²) in [5.41, 5.74) is 3.25. The van der Waals surface area contributed by atoms with Gasteiger partial charge in [0, 0.05) is 11.4 Å². The lowest BCUT2D eigenvalue weighted by Gasteiger charge is -2.33. The normalized spacial score (nSPS) is 15.3. The zero-order valence-electron chi connectivity index (χ0n) is 23.1. The van der Waals surface area contributed by atoms with Gasteiger partial charge in [-0.1, -0.05) is 58.5 Å². The Kier molecular flexibility index (Phi) is 8.84. The number of thiophene rings is 1. The maximum atomic E-state index is 12.9. The minimum Gasteiger partial charge on any atom is -0.486 e. The number of carbonyl (C=O) groups excluding carboxylic acids is 1. The Bertz CT molecular complexity index is 1310. The van der Waals surface area contributed by atoms with Crippen LogP contribution in [-0.4, -0.2) is 26.4 Å². The van der Waals surface area contributed by atoms with Crippen molar-refractivity contribution in [1.82, 2.24) is 14.8 Å². The predicted octanol–water partition coefficient (Wildman–Crippen LogP) is 6.82. The number of benzene rings is 1. The van der Waals surface area contributed by atoms with Crippen molar-refractivity contribution in [2.45, 2.75) is 85.0 Å². The Balaban J connectivity index is 1.36. The average molecular weight is 552 g/mol. The van der Waals surface area contributed by atoms with Crippen LogP contribution in [0.4, 0.5) is 5.00 Å². The first-order chi connectivity index (χ1) is 18.1. The fourth-order valence-electron chi connectivity index (χ4n) is 4.77. The molecule has 1 aromatic carbocycles. The molecule has 0 saturated heterocycles. The number of ether oxygens (including phenoxy) is 1. The lowest BCUT2D eigenvalue weighted by atomic mass is 9.72. The zero-order chi connectivity index (χ0) is 27.4. The first-order valence-corrected chi connectivity index (χ1v) is 15.0. The molecule has 1 atom stereocenters. The number of nitriles is 1. The summed E-state index contributed by atoms with van der Waals surface area (Å²) in [4.78, 5) is 14.1. The number of anilines is 1. The number of amides is 1. The fourth-order valence-corrected chi connectivity index (χ4v) is 6.89. The van der Waals surface area contributed by atoms with Crippen LogP contribution in [0.25, 0.3) is 0 Å². The van der Waals surface area contributed by atoms with E-state index in [1.54, 1.807) is 11.3 Å². The number of fused-ring (bicyclic) bond motifs is 1. The van der Waals surface area contributed by atoms with E-state index in [2.05, 4.69) is 68.3 Å². The van der Waals surface area contributed by atoms with Gasteiger partial charge in [-0.3, -0.25) is 4.79 Å². The van der Waals surface area contributed by atoms with Gasteiger partial charge in [0.15, 0.2) is 11.0 Å². The molecule has 7 nitrogen and oxygen atoms in total. The summed E-state index contributed by atoms with van der Waals surface area (Å²) in [6.07, 6.45) is 2.94. The number of nitrogens with zero attached hydrogens (tertiary/aromatic N) is 4. The third kappa shape index (κ3) is 6.41. The van der Waals surface area contributed by atoms with Crippen LogP contribution < -0.4 is 10.1 Å². The molecule has 1 unspecified atom stereocenters. The molecule has 2 heterocycles. The number of rotatable bonds is 9. The molecule has 38 heavy (non-hydrogen) atoms. The lowest BCUT2D eigenvalue weighted by molar-refractivity contribution is -0.113. The number of hydrogen-bond donors (Lipinski definition) is 1. The van der Waals surface area contributed by atoms with Gasteiger partial charge in [-0.05, 0) is 66.7 Å². The molecule has 1 N–H and O–H groups in total. The van der Waals surface area contributed by atoms with Gasteiger partial charge >= 0.3 is 0 Å². The Morgan fingerprint density at radius 3 is 2.66 bits per heavy atom. The molecule has 3 aromatic rings. The van der Waals surface area contributed by atoms with Gasteiger partial charge in [0.2, 0.25) is 5.91 Å². The number of carbonyl (C=O) groups is 1. The van der Waals surface area contributed by atoms with E-state index < -0.39 is 0 Å². The first-order valence-electron chi connectivity index (χ1n) is 13.2. The molecule has 0 fully saturated rings. The maximum Gasteiger partial charge on any atom is 0.235 e. The molecule has 9 heteroatoms. The Morgan fingerprint density at radius 2 is 2.03 bits per heavy atom. The molecule has 1 amide bonds. The monoisotopic (exact) mass is 551 g/mol. The maximum absolute atomic E-state index is 12.9. The van der Waals surface area contributed by atoms with Crippen LogP contribution >= 0.6 is 23.1 Å². The number of hydrogen-bond acceptors (Lipinski definition) is 7. The zero-order valence-corrected chi connectivity index (χ0v) is 24.8. The van der Waals surface area contributed by atoms with Crippen molar-refractivity contribution in [2.75, 3.05) is 11.1 Å². The average Bonchev–Trinajstić information content (AvgIpc) is 3.44. The summed E-state index contributed by atoms with van der Waals surface area (Å²) >= 11 is 2.90. The highest BCUT2D eigenvalue weighted by molar-refractivity contribution is 7.99.